The molecule has 188 valence electrons. The fourth-order valence-electron chi connectivity index (χ4n) is 9.72. The predicted octanol–water partition coefficient (Wildman–Crippen LogP) is 4.69. The number of benzene rings is 1. The van der Waals surface area contributed by atoms with E-state index < -0.39 is 17.6 Å². The first-order chi connectivity index (χ1) is 15.8. The van der Waals surface area contributed by atoms with Crippen molar-refractivity contribution in [3.05, 3.63) is 22.8 Å². The van der Waals surface area contributed by atoms with Crippen LogP contribution in [-0.4, -0.2) is 40.4 Å². The molecule has 1 aromatic carbocycles. The Morgan fingerprint density at radius 1 is 1.09 bits per heavy atom. The van der Waals surface area contributed by atoms with Gasteiger partial charge in [0.2, 0.25) is 0 Å². The van der Waals surface area contributed by atoms with E-state index >= 15 is 0 Å². The van der Waals surface area contributed by atoms with Crippen LogP contribution in [-0.2, 0) is 16.6 Å². The van der Waals surface area contributed by atoms with Crippen LogP contribution in [0, 0.1) is 40.9 Å². The molecule has 34 heavy (non-hydrogen) atoms. The Kier molecular flexibility index (Phi) is 5.12. The van der Waals surface area contributed by atoms with E-state index in [0.29, 0.717) is 12.2 Å². The number of ether oxygens (including phenoxy) is 1. The van der Waals surface area contributed by atoms with Gasteiger partial charge in [-0.05, 0) is 90.9 Å². The molecule has 3 N–H and O–H groups in total. The van der Waals surface area contributed by atoms with E-state index in [2.05, 4.69) is 20.8 Å². The molecule has 3 saturated carbocycles. The number of phenols is 1. The van der Waals surface area contributed by atoms with Crippen molar-refractivity contribution in [3.8, 4) is 11.5 Å². The number of methoxy groups -OCH3 is 1. The molecule has 4 aliphatic rings. The van der Waals surface area contributed by atoms with Gasteiger partial charge in [0.1, 0.15) is 6.10 Å². The first-order valence-electron chi connectivity index (χ1n) is 13.1. The maximum absolute atomic E-state index is 12.8. The number of aromatic hydroxyl groups is 1. The molecule has 0 aromatic heterocycles. The van der Waals surface area contributed by atoms with Gasteiger partial charge in [-0.25, -0.2) is 0 Å². The number of phenolic OH excluding ortho intramolecular Hbond substituents is 1. The van der Waals surface area contributed by atoms with Gasteiger partial charge in [-0.3, -0.25) is 4.79 Å². The second-order valence-corrected chi connectivity index (χ2v) is 13.0. The molecule has 1 aromatic rings. The molecular weight excluding hydrogens is 428 g/mol. The third kappa shape index (κ3) is 2.61. The minimum atomic E-state index is -1.01. The number of Topliss-reactive ketones (excluding diaryl/α,β-unsaturated/α-hetero) is 1. The van der Waals surface area contributed by atoms with Gasteiger partial charge < -0.3 is 20.1 Å². The van der Waals surface area contributed by atoms with E-state index in [1.165, 1.54) is 11.1 Å². The summed E-state index contributed by atoms with van der Waals surface area (Å²) in [6, 6.07) is 1.92. The van der Waals surface area contributed by atoms with Crippen molar-refractivity contribution < 1.29 is 24.9 Å². The first kappa shape index (κ1) is 24.1. The third-order valence-electron chi connectivity index (χ3n) is 11.9. The van der Waals surface area contributed by atoms with E-state index in [1.807, 2.05) is 26.8 Å². The van der Waals surface area contributed by atoms with E-state index in [4.69, 9.17) is 4.74 Å². The van der Waals surface area contributed by atoms with Crippen LogP contribution < -0.4 is 4.74 Å². The lowest BCUT2D eigenvalue weighted by Gasteiger charge is -2.73. The molecule has 5 heteroatoms. The molecule has 5 rings (SSSR count). The van der Waals surface area contributed by atoms with Gasteiger partial charge in [0.25, 0.3) is 0 Å². The average Bonchev–Trinajstić information content (AvgIpc) is 2.78. The quantitative estimate of drug-likeness (QED) is 0.554. The zero-order valence-corrected chi connectivity index (χ0v) is 21.9. The van der Waals surface area contributed by atoms with Crippen LogP contribution in [0.4, 0.5) is 0 Å². The van der Waals surface area contributed by atoms with Crippen LogP contribution in [0.15, 0.2) is 6.07 Å². The number of rotatable bonds is 1. The molecule has 9 unspecified atom stereocenters. The monoisotopic (exact) mass is 470 g/mol. The maximum atomic E-state index is 12.8. The lowest BCUT2D eigenvalue weighted by molar-refractivity contribution is -0.265. The highest BCUT2D eigenvalue weighted by Crippen LogP contribution is 2.74. The minimum Gasteiger partial charge on any atom is -0.504 e. The molecule has 0 aliphatic heterocycles. The topological polar surface area (TPSA) is 87.0 Å². The normalized spacial score (nSPS) is 47.8. The molecule has 0 saturated heterocycles. The van der Waals surface area contributed by atoms with Crippen LogP contribution in [0.2, 0.25) is 0 Å². The number of hydrogen-bond acceptors (Lipinski definition) is 5. The summed E-state index contributed by atoms with van der Waals surface area (Å²) in [4.78, 5) is 12.8. The van der Waals surface area contributed by atoms with Crippen LogP contribution in [0.1, 0.15) is 83.4 Å². The number of aliphatic hydroxyl groups excluding tert-OH is 2. The number of carbonyl (C=O) groups is 1. The summed E-state index contributed by atoms with van der Waals surface area (Å²) in [5, 5.41) is 33.8. The lowest BCUT2D eigenvalue weighted by atomic mass is 9.32. The molecule has 3 fully saturated rings. The van der Waals surface area contributed by atoms with Crippen LogP contribution >= 0.6 is 0 Å². The predicted molar refractivity (Wildman–Crippen MR) is 131 cm³/mol. The molecular formula is C29H42O5. The van der Waals surface area contributed by atoms with Crippen molar-refractivity contribution in [1.82, 2.24) is 0 Å². The van der Waals surface area contributed by atoms with Crippen LogP contribution in [0.5, 0.6) is 11.5 Å². The van der Waals surface area contributed by atoms with Crippen LogP contribution in [0.25, 0.3) is 0 Å². The summed E-state index contributed by atoms with van der Waals surface area (Å²) in [5.74, 6) is 0.952. The smallest absolute Gasteiger partial charge is 0.164 e. The van der Waals surface area contributed by atoms with Gasteiger partial charge in [0.15, 0.2) is 17.3 Å². The van der Waals surface area contributed by atoms with Gasteiger partial charge in [-0.1, -0.05) is 34.6 Å². The van der Waals surface area contributed by atoms with Gasteiger partial charge in [-0.15, -0.1) is 0 Å². The highest BCUT2D eigenvalue weighted by molar-refractivity contribution is 5.86. The zero-order valence-electron chi connectivity index (χ0n) is 21.9. The van der Waals surface area contributed by atoms with Gasteiger partial charge in [0, 0.05) is 16.7 Å². The fraction of sp³-hybridized carbons (Fsp3) is 0.759. The number of aliphatic hydroxyl groups is 2. The van der Waals surface area contributed by atoms with E-state index in [9.17, 15) is 20.1 Å². The standard InChI is InChI=1S/C29H42O5/c1-15-12-21-27(4,25(33)23(15)32)14-22(31)29(6)20-9-8-17-16(2)24(34-7)19(30)13-18(17)26(20,3)10-11-28(21,29)5/h13,15,20-22,25,30-31,33H,8-12,14H2,1-7H3. The van der Waals surface area contributed by atoms with Crippen molar-refractivity contribution >= 4 is 5.78 Å². The average molecular weight is 471 g/mol. The maximum Gasteiger partial charge on any atom is 0.164 e. The Morgan fingerprint density at radius 3 is 2.41 bits per heavy atom. The van der Waals surface area contributed by atoms with E-state index in [0.717, 1.165) is 37.7 Å². The summed E-state index contributed by atoms with van der Waals surface area (Å²) < 4.78 is 5.51. The molecule has 0 heterocycles. The molecule has 0 amide bonds. The zero-order chi connectivity index (χ0) is 25.0. The summed E-state index contributed by atoms with van der Waals surface area (Å²) >= 11 is 0. The first-order valence-corrected chi connectivity index (χ1v) is 13.1. The number of fused-ring (bicyclic) bond motifs is 7. The SMILES string of the molecule is COc1c(O)cc2c(c1C)CCC1C2(C)CCC2(C)C3CC(C)C(=O)C(O)C3(C)CC(O)C12C. The summed E-state index contributed by atoms with van der Waals surface area (Å²) in [5.41, 5.74) is 2.19. The Labute approximate surface area is 203 Å². The highest BCUT2D eigenvalue weighted by atomic mass is 16.5. The minimum absolute atomic E-state index is 0.0645. The molecule has 0 radical (unpaired) electrons. The largest absolute Gasteiger partial charge is 0.504 e. The molecule has 9 atom stereocenters. The highest BCUT2D eigenvalue weighted by Gasteiger charge is 2.72. The summed E-state index contributed by atoms with van der Waals surface area (Å²) in [6.45, 7) is 13.0. The lowest BCUT2D eigenvalue weighted by Crippen LogP contribution is -2.72. The fourth-order valence-corrected chi connectivity index (χ4v) is 9.72. The van der Waals surface area contributed by atoms with Gasteiger partial charge in [0.05, 0.1) is 13.2 Å². The van der Waals surface area contributed by atoms with Crippen LogP contribution in [0.3, 0.4) is 0 Å². The molecule has 4 aliphatic carbocycles. The van der Waals surface area contributed by atoms with E-state index in [1.54, 1.807) is 7.11 Å². The van der Waals surface area contributed by atoms with Crippen molar-refractivity contribution in [2.24, 2.45) is 34.0 Å². The van der Waals surface area contributed by atoms with Crippen molar-refractivity contribution in [3.63, 3.8) is 0 Å². The number of ketones is 1. The summed E-state index contributed by atoms with van der Waals surface area (Å²) in [7, 11) is 1.61. The number of carbonyl (C=O) groups excluding carboxylic acids is 1. The Bertz CT molecular complexity index is 1050. The van der Waals surface area contributed by atoms with Crippen molar-refractivity contribution in [1.29, 1.82) is 0 Å². The molecule has 0 spiro atoms. The van der Waals surface area contributed by atoms with Crippen molar-refractivity contribution in [2.45, 2.75) is 97.7 Å². The Hall–Kier alpha value is -1.59. The Morgan fingerprint density at radius 2 is 1.76 bits per heavy atom. The molecule has 0 bridgehead atoms. The summed E-state index contributed by atoms with van der Waals surface area (Å²) in [6.07, 6.45) is 3.38. The van der Waals surface area contributed by atoms with Crippen molar-refractivity contribution in [2.75, 3.05) is 7.11 Å². The third-order valence-corrected chi connectivity index (χ3v) is 11.9. The molecule has 5 nitrogen and oxygen atoms in total. The van der Waals surface area contributed by atoms with Gasteiger partial charge in [-0.2, -0.15) is 0 Å². The Balaban J connectivity index is 1.65. The van der Waals surface area contributed by atoms with Gasteiger partial charge >= 0.3 is 0 Å². The second-order valence-electron chi connectivity index (χ2n) is 13.0. The second kappa shape index (κ2) is 7.22. The number of hydrogen-bond donors (Lipinski definition) is 3. The van der Waals surface area contributed by atoms with E-state index in [-0.39, 0.29) is 45.5 Å².